The lowest BCUT2D eigenvalue weighted by Gasteiger charge is -2.24. The van der Waals surface area contributed by atoms with Gasteiger partial charge in [-0.25, -0.2) is 15.0 Å². The average molecular weight is 310 g/mol. The third-order valence-corrected chi connectivity index (χ3v) is 3.93. The van der Waals surface area contributed by atoms with Crippen LogP contribution in [0.25, 0.3) is 11.2 Å². The van der Waals surface area contributed by atoms with Crippen LogP contribution in [0.15, 0.2) is 12.7 Å². The van der Waals surface area contributed by atoms with Crippen LogP contribution in [0.5, 0.6) is 0 Å². The Labute approximate surface area is 125 Å². The van der Waals surface area contributed by atoms with E-state index in [2.05, 4.69) is 15.0 Å². The maximum atomic E-state index is 10.00. The highest BCUT2D eigenvalue weighted by Crippen LogP contribution is 2.29. The third kappa shape index (κ3) is 2.46. The van der Waals surface area contributed by atoms with E-state index in [-0.39, 0.29) is 6.42 Å². The molecule has 0 radical (unpaired) electrons. The number of aromatic nitrogens is 4. The van der Waals surface area contributed by atoms with Gasteiger partial charge in [0.15, 0.2) is 5.65 Å². The molecule has 2 unspecified atom stereocenters. The first-order valence-electron chi connectivity index (χ1n) is 6.97. The van der Waals surface area contributed by atoms with E-state index in [0.29, 0.717) is 16.9 Å². The number of imidazole rings is 1. The van der Waals surface area contributed by atoms with Crippen molar-refractivity contribution in [3.63, 3.8) is 0 Å². The summed E-state index contributed by atoms with van der Waals surface area (Å²) in [4.78, 5) is 12.4. The van der Waals surface area contributed by atoms with E-state index in [1.54, 1.807) is 11.5 Å². The number of hydrogen-bond acceptors (Lipinski definition) is 8. The van der Waals surface area contributed by atoms with Crippen LogP contribution in [0.4, 0.5) is 0 Å². The zero-order valence-electron chi connectivity index (χ0n) is 11.9. The fourth-order valence-corrected chi connectivity index (χ4v) is 2.64. The zero-order chi connectivity index (χ0) is 15.9. The Hall–Kier alpha value is -1.65. The van der Waals surface area contributed by atoms with Crippen LogP contribution in [0.2, 0.25) is 0 Å². The molecule has 120 valence electrons. The Kier molecular flexibility index (Phi) is 4.06. The van der Waals surface area contributed by atoms with Crippen molar-refractivity contribution in [2.24, 2.45) is 0 Å². The first-order chi connectivity index (χ1) is 10.5. The minimum absolute atomic E-state index is 0.0310. The number of aliphatic hydroxyl groups excluding tert-OH is 4. The highest BCUT2D eigenvalue weighted by atomic mass is 16.5. The molecule has 2 aromatic rings. The molecule has 1 fully saturated rings. The largest absolute Gasteiger partial charge is 0.394 e. The Morgan fingerprint density at radius 3 is 2.73 bits per heavy atom. The highest BCUT2D eigenvalue weighted by molar-refractivity contribution is 5.72. The molecule has 2 aromatic heterocycles. The molecule has 4 N–H and O–H groups in total. The second-order valence-corrected chi connectivity index (χ2v) is 5.38. The zero-order valence-corrected chi connectivity index (χ0v) is 11.9. The number of rotatable bonds is 2. The van der Waals surface area contributed by atoms with Crippen LogP contribution in [0, 0.1) is 6.92 Å². The van der Waals surface area contributed by atoms with E-state index < -0.39 is 37.3 Å². The van der Waals surface area contributed by atoms with Gasteiger partial charge in [-0.15, -0.1) is 0 Å². The predicted molar refractivity (Wildman–Crippen MR) is 73.7 cm³/mol. The first kappa shape index (κ1) is 15.3. The number of nitrogens with zero attached hydrogens (tertiary/aromatic N) is 4. The lowest BCUT2D eigenvalue weighted by molar-refractivity contribution is -0.130. The van der Waals surface area contributed by atoms with Crippen LogP contribution < -0.4 is 0 Å². The topological polar surface area (TPSA) is 134 Å². The summed E-state index contributed by atoms with van der Waals surface area (Å²) in [6.45, 7) is 1.32. The molecule has 0 aromatic carbocycles. The maximum absolute atomic E-state index is 10.00. The fraction of sp³-hybridized carbons (Fsp3) is 0.615. The molecule has 0 bridgehead atoms. The Morgan fingerprint density at radius 2 is 2.00 bits per heavy atom. The van der Waals surface area contributed by atoms with Crippen molar-refractivity contribution in [1.82, 2.24) is 19.5 Å². The summed E-state index contributed by atoms with van der Waals surface area (Å²) in [7, 11) is 0. The van der Waals surface area contributed by atoms with Gasteiger partial charge < -0.3 is 25.2 Å². The number of fused-ring (bicyclic) bond motifs is 1. The fourth-order valence-electron chi connectivity index (χ4n) is 2.64. The molecule has 1 saturated heterocycles. The maximum Gasteiger partial charge on any atom is 0.165 e. The second-order valence-electron chi connectivity index (χ2n) is 5.38. The van der Waals surface area contributed by atoms with Crippen molar-refractivity contribution in [1.29, 1.82) is 0 Å². The molecule has 0 amide bonds. The van der Waals surface area contributed by atoms with Crippen molar-refractivity contribution < 1.29 is 25.2 Å². The predicted octanol–water partition coefficient (Wildman–Crippen LogP) is -1.50. The van der Waals surface area contributed by atoms with E-state index in [1.165, 1.54) is 12.7 Å². The molecule has 0 saturated carbocycles. The lowest BCUT2D eigenvalue weighted by atomic mass is 10.0. The second kappa shape index (κ2) is 5.86. The molecule has 1 aliphatic rings. The summed E-state index contributed by atoms with van der Waals surface area (Å²) >= 11 is 0. The molecule has 0 aliphatic carbocycles. The van der Waals surface area contributed by atoms with Gasteiger partial charge >= 0.3 is 0 Å². The number of aliphatic hydroxyl groups is 4. The molecular formula is C13H18N4O5. The Morgan fingerprint density at radius 1 is 1.23 bits per heavy atom. The molecule has 22 heavy (non-hydrogen) atoms. The van der Waals surface area contributed by atoms with Crippen LogP contribution >= 0.6 is 0 Å². The molecule has 9 nitrogen and oxygen atoms in total. The minimum atomic E-state index is -1.40. The van der Waals surface area contributed by atoms with Gasteiger partial charge in [-0.05, 0) is 6.92 Å². The van der Waals surface area contributed by atoms with Gasteiger partial charge in [-0.1, -0.05) is 0 Å². The summed E-state index contributed by atoms with van der Waals surface area (Å²) in [6, 6.07) is 0. The van der Waals surface area contributed by atoms with Crippen molar-refractivity contribution in [3.05, 3.63) is 18.3 Å². The van der Waals surface area contributed by atoms with Gasteiger partial charge in [-0.3, -0.25) is 4.57 Å². The van der Waals surface area contributed by atoms with Crippen LogP contribution in [0.1, 0.15) is 18.3 Å². The number of hydrogen-bond donors (Lipinski definition) is 4. The van der Waals surface area contributed by atoms with E-state index in [9.17, 15) is 20.4 Å². The van der Waals surface area contributed by atoms with Crippen LogP contribution in [0.3, 0.4) is 0 Å². The summed E-state index contributed by atoms with van der Waals surface area (Å²) < 4.78 is 7.25. The van der Waals surface area contributed by atoms with E-state index in [4.69, 9.17) is 4.74 Å². The molecule has 5 atom stereocenters. The third-order valence-electron chi connectivity index (χ3n) is 3.93. The van der Waals surface area contributed by atoms with E-state index in [0.717, 1.165) is 0 Å². The van der Waals surface area contributed by atoms with Gasteiger partial charge in [0, 0.05) is 6.42 Å². The minimum Gasteiger partial charge on any atom is -0.394 e. The van der Waals surface area contributed by atoms with Gasteiger partial charge in [0.25, 0.3) is 0 Å². The SMILES string of the molecule is Cc1ncnc2c1ncn2[C@@H]1C[C@@H](O)C(O)[C@H](O)C(CO)O1. The van der Waals surface area contributed by atoms with Crippen LogP contribution in [-0.4, -0.2) is 71.0 Å². The van der Waals surface area contributed by atoms with Crippen molar-refractivity contribution in [2.45, 2.75) is 44.0 Å². The number of ether oxygens (including phenoxy) is 1. The monoisotopic (exact) mass is 310 g/mol. The Bertz CT molecular complexity index is 663. The number of aryl methyl sites for hydroxylation is 1. The van der Waals surface area contributed by atoms with Gasteiger partial charge in [0.1, 0.15) is 36.4 Å². The molecule has 3 heterocycles. The normalized spacial score (nSPS) is 33.0. The summed E-state index contributed by atoms with van der Waals surface area (Å²) in [6.07, 6.45) is -2.78. The highest BCUT2D eigenvalue weighted by Gasteiger charge is 2.39. The van der Waals surface area contributed by atoms with Crippen molar-refractivity contribution >= 4 is 11.2 Å². The first-order valence-corrected chi connectivity index (χ1v) is 6.97. The molecule has 3 rings (SSSR count). The summed E-state index contributed by atoms with van der Waals surface area (Å²) in [5, 5.41) is 39.1. The Balaban J connectivity index is 2.00. The average Bonchev–Trinajstić information content (AvgIpc) is 2.91. The standard InChI is InChI=1S/C13H18N4O5/c1-6-10-13(15-4-14-6)17(5-16-10)9-2-7(19)11(20)12(21)8(3-18)22-9/h4-5,7-9,11-12,18-21H,2-3H2,1H3/t7-,8?,9+,11?,12-/m1/s1. The van der Waals surface area contributed by atoms with Gasteiger partial charge in [0.05, 0.1) is 24.7 Å². The van der Waals surface area contributed by atoms with Gasteiger partial charge in [0.2, 0.25) is 0 Å². The lowest BCUT2D eigenvalue weighted by Crippen LogP contribution is -2.44. The van der Waals surface area contributed by atoms with Crippen molar-refractivity contribution in [2.75, 3.05) is 6.61 Å². The van der Waals surface area contributed by atoms with Crippen LogP contribution in [-0.2, 0) is 4.74 Å². The smallest absolute Gasteiger partial charge is 0.165 e. The van der Waals surface area contributed by atoms with Crippen molar-refractivity contribution in [3.8, 4) is 0 Å². The van der Waals surface area contributed by atoms with Gasteiger partial charge in [-0.2, -0.15) is 0 Å². The van der Waals surface area contributed by atoms with E-state index in [1.807, 2.05) is 0 Å². The molecular weight excluding hydrogens is 292 g/mol. The molecule has 0 spiro atoms. The molecule has 9 heteroatoms. The summed E-state index contributed by atoms with van der Waals surface area (Å²) in [5.74, 6) is 0. The molecule has 1 aliphatic heterocycles. The van der Waals surface area contributed by atoms with E-state index >= 15 is 0 Å². The summed E-state index contributed by atoms with van der Waals surface area (Å²) in [5.41, 5.74) is 1.83. The quantitative estimate of drug-likeness (QED) is 0.526.